The SMILES string of the molecule is NCC([O-])c1ccc(O)cc1.[Rb+]. The Morgan fingerprint density at radius 2 is 1.83 bits per heavy atom. The van der Waals surface area contributed by atoms with Crippen LogP contribution in [0.3, 0.4) is 0 Å². The van der Waals surface area contributed by atoms with Crippen molar-refractivity contribution in [1.29, 1.82) is 0 Å². The monoisotopic (exact) mass is 237 g/mol. The summed E-state index contributed by atoms with van der Waals surface area (Å²) in [5.41, 5.74) is 5.78. The van der Waals surface area contributed by atoms with E-state index < -0.39 is 6.10 Å². The van der Waals surface area contributed by atoms with E-state index >= 15 is 0 Å². The first kappa shape index (κ1) is 12.7. The van der Waals surface area contributed by atoms with Crippen LogP contribution in [0.5, 0.6) is 5.75 Å². The summed E-state index contributed by atoms with van der Waals surface area (Å²) in [5.74, 6) is 0.165. The zero-order valence-corrected chi connectivity index (χ0v) is 11.9. The minimum absolute atomic E-state index is 0. The van der Waals surface area contributed by atoms with Gasteiger partial charge in [0.2, 0.25) is 0 Å². The van der Waals surface area contributed by atoms with Crippen molar-refractivity contribution in [3.05, 3.63) is 29.8 Å². The van der Waals surface area contributed by atoms with E-state index in [1.165, 1.54) is 12.1 Å². The molecule has 0 radical (unpaired) electrons. The van der Waals surface area contributed by atoms with Gasteiger partial charge in [-0.1, -0.05) is 23.8 Å². The molecule has 1 atom stereocenters. The zero-order chi connectivity index (χ0) is 8.27. The Kier molecular flexibility index (Phi) is 6.62. The molecule has 0 aromatic heterocycles. The maximum atomic E-state index is 11.0. The van der Waals surface area contributed by atoms with E-state index in [9.17, 15) is 5.11 Å². The van der Waals surface area contributed by atoms with Gasteiger partial charge in [0.25, 0.3) is 0 Å². The number of nitrogens with two attached hydrogens (primary N) is 1. The van der Waals surface area contributed by atoms with Crippen LogP contribution in [0.25, 0.3) is 0 Å². The average Bonchev–Trinajstić information content (AvgIpc) is 2.05. The van der Waals surface area contributed by atoms with Gasteiger partial charge in [-0.2, -0.15) is 0 Å². The Hall–Kier alpha value is 0.745. The van der Waals surface area contributed by atoms with Gasteiger partial charge < -0.3 is 15.9 Å². The molecule has 1 aromatic carbocycles. The molecule has 0 saturated heterocycles. The van der Waals surface area contributed by atoms with E-state index in [0.29, 0.717) is 5.56 Å². The van der Waals surface area contributed by atoms with Gasteiger partial charge in [0.05, 0.1) is 0 Å². The number of phenols is 1. The van der Waals surface area contributed by atoms with Gasteiger partial charge >= 0.3 is 58.2 Å². The molecule has 12 heavy (non-hydrogen) atoms. The largest absolute Gasteiger partial charge is 1.00 e. The number of phenolic OH excluding ortho intramolecular Hbond substituents is 1. The topological polar surface area (TPSA) is 69.3 Å². The first-order valence-corrected chi connectivity index (χ1v) is 3.39. The van der Waals surface area contributed by atoms with Crippen LogP contribution >= 0.6 is 0 Å². The smallest absolute Gasteiger partial charge is 0.848 e. The van der Waals surface area contributed by atoms with Gasteiger partial charge in [0, 0.05) is 0 Å². The fourth-order valence-corrected chi connectivity index (χ4v) is 0.825. The number of aromatic hydroxyl groups is 1. The van der Waals surface area contributed by atoms with E-state index in [-0.39, 0.29) is 70.5 Å². The third kappa shape index (κ3) is 3.64. The summed E-state index contributed by atoms with van der Waals surface area (Å²) in [6, 6.07) is 6.13. The van der Waals surface area contributed by atoms with Gasteiger partial charge in [-0.15, -0.1) is 0 Å². The first-order chi connectivity index (χ1) is 5.24. The minimum Gasteiger partial charge on any atom is -0.848 e. The third-order valence-corrected chi connectivity index (χ3v) is 1.48. The summed E-state index contributed by atoms with van der Waals surface area (Å²) >= 11 is 0. The van der Waals surface area contributed by atoms with Crippen LogP contribution in [-0.2, 0) is 0 Å². The molecule has 0 aliphatic heterocycles. The van der Waals surface area contributed by atoms with Crippen LogP contribution in [-0.4, -0.2) is 11.7 Å². The molecule has 1 unspecified atom stereocenters. The minimum atomic E-state index is -0.879. The van der Waals surface area contributed by atoms with Crippen molar-refractivity contribution in [3.63, 3.8) is 0 Å². The van der Waals surface area contributed by atoms with E-state index in [1.54, 1.807) is 12.1 Å². The molecule has 0 amide bonds. The van der Waals surface area contributed by atoms with Crippen molar-refractivity contribution in [2.75, 3.05) is 6.54 Å². The summed E-state index contributed by atoms with van der Waals surface area (Å²) in [4.78, 5) is 0. The van der Waals surface area contributed by atoms with Crippen LogP contribution < -0.4 is 69.0 Å². The Labute approximate surface area is 120 Å². The molecule has 0 aliphatic carbocycles. The van der Waals surface area contributed by atoms with Crippen LogP contribution in [0.15, 0.2) is 24.3 Å². The summed E-state index contributed by atoms with van der Waals surface area (Å²) in [5, 5.41) is 19.9. The Morgan fingerprint density at radius 3 is 2.25 bits per heavy atom. The van der Waals surface area contributed by atoms with E-state index in [0.717, 1.165) is 0 Å². The van der Waals surface area contributed by atoms with E-state index in [4.69, 9.17) is 10.8 Å². The van der Waals surface area contributed by atoms with Crippen LogP contribution in [0.4, 0.5) is 0 Å². The number of hydrogen-bond acceptors (Lipinski definition) is 3. The molecule has 3 nitrogen and oxygen atoms in total. The summed E-state index contributed by atoms with van der Waals surface area (Å²) < 4.78 is 0. The van der Waals surface area contributed by atoms with Crippen molar-refractivity contribution in [2.45, 2.75) is 6.10 Å². The van der Waals surface area contributed by atoms with Crippen LogP contribution in [0.2, 0.25) is 0 Å². The molecule has 1 rings (SSSR count). The molecule has 0 fully saturated rings. The molecule has 0 bridgehead atoms. The summed E-state index contributed by atoms with van der Waals surface area (Å²) in [7, 11) is 0. The molecule has 0 spiro atoms. The number of rotatable bonds is 2. The molecule has 1 aromatic rings. The number of benzene rings is 1. The predicted octanol–water partition coefficient (Wildman–Crippen LogP) is -3.24. The molecule has 0 saturated carbocycles. The average molecular weight is 238 g/mol. The number of hydrogen-bond donors (Lipinski definition) is 2. The predicted molar refractivity (Wildman–Crippen MR) is 39.9 cm³/mol. The summed E-state index contributed by atoms with van der Waals surface area (Å²) in [6.07, 6.45) is -0.879. The molecule has 0 heterocycles. The molecule has 0 aliphatic rings. The second kappa shape index (κ2) is 6.24. The van der Waals surface area contributed by atoms with Gasteiger partial charge in [0.15, 0.2) is 0 Å². The molecule has 4 heteroatoms. The quantitative estimate of drug-likeness (QED) is 0.568. The fourth-order valence-electron chi connectivity index (χ4n) is 0.825. The second-order valence-electron chi connectivity index (χ2n) is 2.32. The molecular formula is C8H10NO2Rb. The van der Waals surface area contributed by atoms with Crippen molar-refractivity contribution in [1.82, 2.24) is 0 Å². The first-order valence-electron chi connectivity index (χ1n) is 3.39. The van der Waals surface area contributed by atoms with Gasteiger partial charge in [0.1, 0.15) is 5.75 Å². The third-order valence-electron chi connectivity index (χ3n) is 1.48. The van der Waals surface area contributed by atoms with Crippen molar-refractivity contribution >= 4 is 0 Å². The van der Waals surface area contributed by atoms with Gasteiger partial charge in [-0.05, 0) is 18.7 Å². The van der Waals surface area contributed by atoms with Gasteiger partial charge in [-0.25, -0.2) is 0 Å². The fraction of sp³-hybridized carbons (Fsp3) is 0.250. The Bertz CT molecular complexity index is 225. The summed E-state index contributed by atoms with van der Waals surface area (Å²) in [6.45, 7) is 0.0881. The molecule has 3 N–H and O–H groups in total. The standard InChI is InChI=1S/C8H10NO2.Rb/c9-5-8(11)6-1-3-7(10)4-2-6;/h1-4,8,10H,5,9H2;/q-1;+1. The normalized spacial score (nSPS) is 11.8. The maximum Gasteiger partial charge on any atom is 1.00 e. The van der Waals surface area contributed by atoms with E-state index in [2.05, 4.69) is 0 Å². The van der Waals surface area contributed by atoms with Crippen LogP contribution in [0, 0.1) is 0 Å². The van der Waals surface area contributed by atoms with E-state index in [1.807, 2.05) is 0 Å². The second-order valence-corrected chi connectivity index (χ2v) is 2.32. The van der Waals surface area contributed by atoms with Crippen LogP contribution in [0.1, 0.15) is 11.7 Å². The van der Waals surface area contributed by atoms with Crippen molar-refractivity contribution in [2.24, 2.45) is 5.73 Å². The van der Waals surface area contributed by atoms with Gasteiger partial charge in [-0.3, -0.25) is 0 Å². The van der Waals surface area contributed by atoms with Crippen molar-refractivity contribution in [3.8, 4) is 5.75 Å². The Balaban J connectivity index is 0.00000121. The maximum absolute atomic E-state index is 11.0. The van der Waals surface area contributed by atoms with Crippen molar-refractivity contribution < 1.29 is 68.4 Å². The molecule has 60 valence electrons. The molecular weight excluding hydrogens is 228 g/mol. The Morgan fingerprint density at radius 1 is 1.33 bits per heavy atom. The zero-order valence-electron chi connectivity index (χ0n) is 7.03.